The van der Waals surface area contributed by atoms with Crippen LogP contribution >= 0.6 is 0 Å². The Kier molecular flexibility index (Phi) is 3.15. The van der Waals surface area contributed by atoms with Gasteiger partial charge in [0.15, 0.2) is 0 Å². The first-order valence-corrected chi connectivity index (χ1v) is 4.25. The molecule has 0 fully saturated rings. The summed E-state index contributed by atoms with van der Waals surface area (Å²) in [5.74, 6) is 0. The van der Waals surface area contributed by atoms with Gasteiger partial charge in [0.1, 0.15) is 0 Å². The first-order valence-electron chi connectivity index (χ1n) is 4.25. The minimum Gasteiger partial charge on any atom is -0.0651 e. The predicted molar refractivity (Wildman–Crippen MR) is 49.5 cm³/mol. The van der Waals surface area contributed by atoms with Gasteiger partial charge >= 0.3 is 0 Å². The summed E-state index contributed by atoms with van der Waals surface area (Å²) in [5, 5.41) is 0. The molecule has 0 saturated heterocycles. The van der Waals surface area contributed by atoms with Crippen LogP contribution in [-0.4, -0.2) is 0 Å². The van der Waals surface area contributed by atoms with Gasteiger partial charge in [0, 0.05) is 0 Å². The molecule has 0 atom stereocenters. The highest BCUT2D eigenvalue weighted by molar-refractivity contribution is 5.26. The van der Waals surface area contributed by atoms with E-state index in [1.165, 1.54) is 24.0 Å². The molecule has 0 aromatic heterocycles. The van der Waals surface area contributed by atoms with Gasteiger partial charge in [0.25, 0.3) is 0 Å². The van der Waals surface area contributed by atoms with Gasteiger partial charge in [-0.1, -0.05) is 44.5 Å². The molecule has 1 aromatic rings. The molecule has 0 unspecified atom stereocenters. The monoisotopic (exact) mass is 147 g/mol. The van der Waals surface area contributed by atoms with Crippen LogP contribution in [0.3, 0.4) is 0 Å². The molecule has 1 radical (unpaired) electrons. The van der Waals surface area contributed by atoms with E-state index >= 15 is 0 Å². The first-order chi connectivity index (χ1) is 5.36. The summed E-state index contributed by atoms with van der Waals surface area (Å²) >= 11 is 0. The average molecular weight is 147 g/mol. The summed E-state index contributed by atoms with van der Waals surface area (Å²) in [5.41, 5.74) is 2.75. The molecule has 0 bridgehead atoms. The second kappa shape index (κ2) is 4.17. The van der Waals surface area contributed by atoms with Crippen molar-refractivity contribution in [3.63, 3.8) is 0 Å². The summed E-state index contributed by atoms with van der Waals surface area (Å²) in [6.07, 6.45) is 4.55. The number of benzene rings is 1. The van der Waals surface area contributed by atoms with Gasteiger partial charge in [-0.2, -0.15) is 0 Å². The van der Waals surface area contributed by atoms with Crippen LogP contribution in [0.25, 0.3) is 0 Å². The van der Waals surface area contributed by atoms with Crippen molar-refractivity contribution in [2.75, 3.05) is 0 Å². The molecule has 0 aliphatic heterocycles. The molecule has 0 spiro atoms. The van der Waals surface area contributed by atoms with E-state index < -0.39 is 0 Å². The lowest BCUT2D eigenvalue weighted by Gasteiger charge is -1.99. The fourth-order valence-corrected chi connectivity index (χ4v) is 1.17. The van der Waals surface area contributed by atoms with E-state index in [1.54, 1.807) is 0 Å². The molecule has 0 saturated carbocycles. The Morgan fingerprint density at radius 1 is 1.18 bits per heavy atom. The maximum Gasteiger partial charge on any atom is -0.0124 e. The maximum absolute atomic E-state index is 2.21. The Morgan fingerprint density at radius 3 is 2.27 bits per heavy atom. The average Bonchev–Trinajstić information content (AvgIpc) is 2.07. The zero-order chi connectivity index (χ0) is 8.10. The van der Waals surface area contributed by atoms with E-state index in [4.69, 9.17) is 0 Å². The molecule has 59 valence electrons. The molecule has 0 N–H and O–H groups in total. The molecule has 0 nitrogen and oxygen atoms in total. The van der Waals surface area contributed by atoms with Gasteiger partial charge in [-0.15, -0.1) is 0 Å². The van der Waals surface area contributed by atoms with Crippen molar-refractivity contribution in [1.29, 1.82) is 0 Å². The van der Waals surface area contributed by atoms with Crippen LogP contribution in [0.15, 0.2) is 24.3 Å². The largest absolute Gasteiger partial charge is 0.0651 e. The number of aryl methyl sites for hydroxylation is 1. The Labute approximate surface area is 69.3 Å². The Bertz CT molecular complexity index is 196. The van der Waals surface area contributed by atoms with Crippen LogP contribution in [0.5, 0.6) is 0 Å². The zero-order valence-corrected chi connectivity index (χ0v) is 7.30. The van der Waals surface area contributed by atoms with Crippen molar-refractivity contribution in [2.45, 2.75) is 26.7 Å². The van der Waals surface area contributed by atoms with Gasteiger partial charge in [0.05, 0.1) is 0 Å². The Morgan fingerprint density at radius 2 is 1.82 bits per heavy atom. The fraction of sp³-hybridized carbons (Fsp3) is 0.364. The molecule has 0 amide bonds. The summed E-state index contributed by atoms with van der Waals surface area (Å²) in [7, 11) is 0. The molecule has 0 heteroatoms. The van der Waals surface area contributed by atoms with E-state index in [0.717, 1.165) is 0 Å². The van der Waals surface area contributed by atoms with Gasteiger partial charge in [-0.3, -0.25) is 0 Å². The lowest BCUT2D eigenvalue weighted by Crippen LogP contribution is -1.83. The standard InChI is InChI=1S/C11H15/c1-3-5-11-8-6-10(4-2)7-9-11/h4,6-9H,3,5H2,1-2H3. The number of hydrogen-bond acceptors (Lipinski definition) is 0. The van der Waals surface area contributed by atoms with Gasteiger partial charge in [-0.05, 0) is 24.0 Å². The van der Waals surface area contributed by atoms with Gasteiger partial charge in [0.2, 0.25) is 0 Å². The van der Waals surface area contributed by atoms with E-state index in [-0.39, 0.29) is 0 Å². The molecule has 1 rings (SSSR count). The van der Waals surface area contributed by atoms with Gasteiger partial charge in [-0.25, -0.2) is 0 Å². The summed E-state index contributed by atoms with van der Waals surface area (Å²) in [4.78, 5) is 0. The molecule has 11 heavy (non-hydrogen) atoms. The lowest BCUT2D eigenvalue weighted by atomic mass is 10.1. The Balaban J connectivity index is 2.66. The third-order valence-corrected chi connectivity index (χ3v) is 1.85. The van der Waals surface area contributed by atoms with Crippen LogP contribution in [0.1, 0.15) is 31.4 Å². The number of hydrogen-bond donors (Lipinski definition) is 0. The predicted octanol–water partition coefficient (Wildman–Crippen LogP) is 3.21. The van der Waals surface area contributed by atoms with E-state index in [0.29, 0.717) is 0 Å². The molecule has 0 aliphatic rings. The highest BCUT2D eigenvalue weighted by Gasteiger charge is 1.90. The van der Waals surface area contributed by atoms with Crippen molar-refractivity contribution < 1.29 is 0 Å². The van der Waals surface area contributed by atoms with Crippen LogP contribution < -0.4 is 0 Å². The van der Waals surface area contributed by atoms with E-state index in [1.807, 2.05) is 0 Å². The highest BCUT2D eigenvalue weighted by atomic mass is 14.0. The van der Waals surface area contributed by atoms with Gasteiger partial charge < -0.3 is 0 Å². The highest BCUT2D eigenvalue weighted by Crippen LogP contribution is 2.07. The molecule has 0 aliphatic carbocycles. The molecular weight excluding hydrogens is 132 g/mol. The normalized spacial score (nSPS) is 10.0. The quantitative estimate of drug-likeness (QED) is 0.616. The van der Waals surface area contributed by atoms with Crippen molar-refractivity contribution >= 4 is 0 Å². The minimum absolute atomic E-state index is 1.20. The lowest BCUT2D eigenvalue weighted by molar-refractivity contribution is 0.921. The third kappa shape index (κ3) is 2.38. The minimum atomic E-state index is 1.20. The van der Waals surface area contributed by atoms with Crippen LogP contribution in [-0.2, 0) is 6.42 Å². The number of rotatable bonds is 3. The van der Waals surface area contributed by atoms with Crippen LogP contribution in [0.4, 0.5) is 0 Å². The smallest absolute Gasteiger partial charge is 0.0124 e. The topological polar surface area (TPSA) is 0 Å². The van der Waals surface area contributed by atoms with Crippen LogP contribution in [0.2, 0.25) is 0 Å². The van der Waals surface area contributed by atoms with Crippen molar-refractivity contribution in [3.8, 4) is 0 Å². The van der Waals surface area contributed by atoms with Crippen molar-refractivity contribution in [2.24, 2.45) is 0 Å². The van der Waals surface area contributed by atoms with Crippen LogP contribution in [0, 0.1) is 6.42 Å². The van der Waals surface area contributed by atoms with Crippen molar-refractivity contribution in [1.82, 2.24) is 0 Å². The van der Waals surface area contributed by atoms with E-state index in [9.17, 15) is 0 Å². The maximum atomic E-state index is 2.21. The second-order valence-corrected chi connectivity index (χ2v) is 2.78. The SMILES string of the molecule is C[CH]c1ccc(CCC)cc1. The molecule has 0 heterocycles. The molecular formula is C11H15. The summed E-state index contributed by atoms with van der Waals surface area (Å²) in [6, 6.07) is 8.76. The molecule has 1 aromatic carbocycles. The first kappa shape index (κ1) is 8.32. The van der Waals surface area contributed by atoms with E-state index in [2.05, 4.69) is 44.5 Å². The third-order valence-electron chi connectivity index (χ3n) is 1.85. The zero-order valence-electron chi connectivity index (χ0n) is 7.30. The summed E-state index contributed by atoms with van der Waals surface area (Å²) in [6.45, 7) is 4.27. The fourth-order valence-electron chi connectivity index (χ4n) is 1.17. The Hall–Kier alpha value is -0.780. The van der Waals surface area contributed by atoms with Crippen molar-refractivity contribution in [3.05, 3.63) is 41.8 Å². The second-order valence-electron chi connectivity index (χ2n) is 2.78. The summed E-state index contributed by atoms with van der Waals surface area (Å²) < 4.78 is 0.